The van der Waals surface area contributed by atoms with E-state index in [-0.39, 0.29) is 10.9 Å². The molecule has 106 valence electrons. The minimum atomic E-state index is -0.473. The lowest BCUT2D eigenvalue weighted by Gasteiger charge is -2.20. The van der Waals surface area contributed by atoms with Gasteiger partial charge in [-0.15, -0.1) is 0 Å². The third kappa shape index (κ3) is 4.27. The number of rotatable bonds is 5. The van der Waals surface area contributed by atoms with E-state index in [2.05, 4.69) is 32.9 Å². The molecule has 0 saturated carbocycles. The zero-order valence-electron chi connectivity index (χ0n) is 12.5. The molecule has 0 aromatic heterocycles. The van der Waals surface area contributed by atoms with E-state index in [9.17, 15) is 9.90 Å². The van der Waals surface area contributed by atoms with Gasteiger partial charge in [0.1, 0.15) is 5.76 Å². The minimum Gasteiger partial charge on any atom is -0.510 e. The summed E-state index contributed by atoms with van der Waals surface area (Å²) in [6.07, 6.45) is 7.16. The second-order valence-corrected chi connectivity index (χ2v) is 7.14. The lowest BCUT2D eigenvalue weighted by atomic mass is 9.99. The third-order valence-corrected chi connectivity index (χ3v) is 4.71. The fourth-order valence-corrected chi connectivity index (χ4v) is 3.10. The van der Waals surface area contributed by atoms with E-state index >= 15 is 0 Å². The highest BCUT2D eigenvalue weighted by Crippen LogP contribution is 2.44. The van der Waals surface area contributed by atoms with Gasteiger partial charge in [0.25, 0.3) is 0 Å². The van der Waals surface area contributed by atoms with E-state index in [1.807, 2.05) is 6.92 Å². The Morgan fingerprint density at radius 2 is 1.95 bits per heavy atom. The normalized spacial score (nSPS) is 24.1. The van der Waals surface area contributed by atoms with Crippen molar-refractivity contribution >= 4 is 16.9 Å². The fraction of sp³-hybridized carbons (Fsp3) is 0.562. The summed E-state index contributed by atoms with van der Waals surface area (Å²) in [5.74, 6) is 0.246. The Hall–Kier alpha value is -0.960. The summed E-state index contributed by atoms with van der Waals surface area (Å²) >= 11 is 1.24. The predicted octanol–water partition coefficient (Wildman–Crippen LogP) is 4.93. The summed E-state index contributed by atoms with van der Waals surface area (Å²) in [5, 5.41) is 10.0. The van der Waals surface area contributed by atoms with E-state index < -0.39 is 4.75 Å². The van der Waals surface area contributed by atoms with E-state index in [0.29, 0.717) is 12.0 Å². The summed E-state index contributed by atoms with van der Waals surface area (Å²) < 4.78 is -0.473. The lowest BCUT2D eigenvalue weighted by molar-refractivity contribution is -0.107. The van der Waals surface area contributed by atoms with Gasteiger partial charge in [-0.2, -0.15) is 0 Å². The molecular formula is C16H24O2S. The molecule has 19 heavy (non-hydrogen) atoms. The molecule has 1 rings (SSSR count). The quantitative estimate of drug-likeness (QED) is 0.725. The Morgan fingerprint density at radius 1 is 1.32 bits per heavy atom. The summed E-state index contributed by atoms with van der Waals surface area (Å²) in [6.45, 7) is 9.94. The Bertz CT molecular complexity index is 453. The predicted molar refractivity (Wildman–Crippen MR) is 83.4 cm³/mol. The van der Waals surface area contributed by atoms with Gasteiger partial charge in [0.15, 0.2) is 0 Å². The number of hydrogen-bond donors (Lipinski definition) is 1. The van der Waals surface area contributed by atoms with E-state index in [1.54, 1.807) is 6.92 Å². The van der Waals surface area contributed by atoms with Gasteiger partial charge in [-0.1, -0.05) is 35.1 Å². The van der Waals surface area contributed by atoms with E-state index in [0.717, 1.165) is 12.8 Å². The molecule has 0 aromatic rings. The molecule has 0 spiro atoms. The van der Waals surface area contributed by atoms with Crippen molar-refractivity contribution in [2.45, 2.75) is 58.6 Å². The van der Waals surface area contributed by atoms with Crippen molar-refractivity contribution in [2.75, 3.05) is 0 Å². The first kappa shape index (κ1) is 16.1. The van der Waals surface area contributed by atoms with Gasteiger partial charge in [-0.3, -0.25) is 4.79 Å². The highest BCUT2D eigenvalue weighted by atomic mass is 32.2. The van der Waals surface area contributed by atoms with Gasteiger partial charge in [0.05, 0.1) is 4.75 Å². The first-order chi connectivity index (χ1) is 8.76. The molecule has 0 aliphatic carbocycles. The average Bonchev–Trinajstić information content (AvgIpc) is 2.51. The Kier molecular flexibility index (Phi) is 5.48. The van der Waals surface area contributed by atoms with Crippen molar-refractivity contribution < 1.29 is 9.90 Å². The molecule has 1 N–H and O–H groups in total. The largest absolute Gasteiger partial charge is 0.510 e. The maximum Gasteiger partial charge on any atom is 0.219 e. The van der Waals surface area contributed by atoms with Crippen LogP contribution >= 0.6 is 11.8 Å². The Balaban J connectivity index is 2.61. The smallest absolute Gasteiger partial charge is 0.219 e. The number of allylic oxidation sites excluding steroid dienone is 4. The van der Waals surface area contributed by atoms with Crippen molar-refractivity contribution in [3.8, 4) is 0 Å². The number of aliphatic hydroxyl groups is 1. The topological polar surface area (TPSA) is 37.3 Å². The Labute approximate surface area is 120 Å². The van der Waals surface area contributed by atoms with E-state index in [1.165, 1.54) is 22.9 Å². The molecule has 0 radical (unpaired) electrons. The van der Waals surface area contributed by atoms with Crippen LogP contribution in [0.15, 0.2) is 34.6 Å². The van der Waals surface area contributed by atoms with Crippen LogP contribution < -0.4 is 0 Å². The molecule has 0 saturated heterocycles. The van der Waals surface area contributed by atoms with Crippen LogP contribution in [0.2, 0.25) is 0 Å². The van der Waals surface area contributed by atoms with Gasteiger partial charge >= 0.3 is 0 Å². The van der Waals surface area contributed by atoms with Crippen LogP contribution in [0.5, 0.6) is 0 Å². The van der Waals surface area contributed by atoms with E-state index in [4.69, 9.17) is 0 Å². The lowest BCUT2D eigenvalue weighted by Crippen LogP contribution is -2.19. The van der Waals surface area contributed by atoms with Crippen LogP contribution in [0.1, 0.15) is 53.9 Å². The summed E-state index contributed by atoms with van der Waals surface area (Å²) in [5.41, 5.74) is 3.15. The molecule has 1 heterocycles. The molecule has 0 amide bonds. The second kappa shape index (κ2) is 6.47. The van der Waals surface area contributed by atoms with Crippen molar-refractivity contribution in [1.82, 2.24) is 0 Å². The maximum atomic E-state index is 11.6. The third-order valence-electron chi connectivity index (χ3n) is 3.41. The zero-order chi connectivity index (χ0) is 14.6. The first-order valence-corrected chi connectivity index (χ1v) is 7.50. The molecule has 0 bridgehead atoms. The number of thioether (sulfide) groups is 1. The monoisotopic (exact) mass is 280 g/mol. The molecule has 0 fully saturated rings. The maximum absolute atomic E-state index is 11.6. The minimum absolute atomic E-state index is 0.00408. The van der Waals surface area contributed by atoms with Gasteiger partial charge in [-0.05, 0) is 53.9 Å². The van der Waals surface area contributed by atoms with Gasteiger partial charge in [0, 0.05) is 5.57 Å². The summed E-state index contributed by atoms with van der Waals surface area (Å²) in [7, 11) is 0. The first-order valence-electron chi connectivity index (χ1n) is 6.69. The van der Waals surface area contributed by atoms with Gasteiger partial charge in [0.2, 0.25) is 5.12 Å². The zero-order valence-corrected chi connectivity index (χ0v) is 13.4. The SMILES string of the molecule is CC(C)=CCC/C(C)=C/C[C@@]1(C)SC(=O)C(C)=C1O. The fourth-order valence-electron chi connectivity index (χ4n) is 2.02. The van der Waals surface area contributed by atoms with Crippen LogP contribution in [0.3, 0.4) is 0 Å². The Morgan fingerprint density at radius 3 is 2.42 bits per heavy atom. The number of carbonyl (C=O) groups excluding carboxylic acids is 1. The molecule has 2 nitrogen and oxygen atoms in total. The van der Waals surface area contributed by atoms with Crippen molar-refractivity contribution in [3.05, 3.63) is 34.6 Å². The summed E-state index contributed by atoms with van der Waals surface area (Å²) in [6, 6.07) is 0. The molecule has 1 atom stereocenters. The van der Waals surface area contributed by atoms with Crippen LogP contribution in [0.25, 0.3) is 0 Å². The molecule has 0 aromatic carbocycles. The van der Waals surface area contributed by atoms with Crippen molar-refractivity contribution in [1.29, 1.82) is 0 Å². The van der Waals surface area contributed by atoms with Crippen LogP contribution in [-0.2, 0) is 4.79 Å². The van der Waals surface area contributed by atoms with Crippen molar-refractivity contribution in [2.24, 2.45) is 0 Å². The van der Waals surface area contributed by atoms with Crippen LogP contribution in [0.4, 0.5) is 0 Å². The summed E-state index contributed by atoms with van der Waals surface area (Å²) in [4.78, 5) is 11.6. The van der Waals surface area contributed by atoms with Crippen LogP contribution in [-0.4, -0.2) is 15.0 Å². The van der Waals surface area contributed by atoms with Crippen molar-refractivity contribution in [3.63, 3.8) is 0 Å². The number of hydrogen-bond acceptors (Lipinski definition) is 3. The molecule has 3 heteroatoms. The molecular weight excluding hydrogens is 256 g/mol. The number of carbonyl (C=O) groups is 1. The van der Waals surface area contributed by atoms with Gasteiger partial charge < -0.3 is 5.11 Å². The standard InChI is InChI=1S/C16H24O2S/c1-11(2)7-6-8-12(3)9-10-16(5)14(17)13(4)15(18)19-16/h7,9,17H,6,8,10H2,1-5H3/b12-9+/t16-/m1/s1. The molecule has 0 unspecified atom stereocenters. The highest BCUT2D eigenvalue weighted by Gasteiger charge is 2.40. The second-order valence-electron chi connectivity index (χ2n) is 5.67. The molecule has 1 aliphatic rings. The van der Waals surface area contributed by atoms with Crippen LogP contribution in [0, 0.1) is 0 Å². The average molecular weight is 280 g/mol. The van der Waals surface area contributed by atoms with Gasteiger partial charge in [-0.25, -0.2) is 0 Å². The number of aliphatic hydroxyl groups excluding tert-OH is 1. The highest BCUT2D eigenvalue weighted by molar-refractivity contribution is 8.15. The molecule has 1 aliphatic heterocycles.